The zero-order valence-corrected chi connectivity index (χ0v) is 44.8. The summed E-state index contributed by atoms with van der Waals surface area (Å²) in [6.45, 7) is 8.52. The van der Waals surface area contributed by atoms with E-state index < -0.39 is 23.3 Å². The first-order valence-electron chi connectivity index (χ1n) is 25.5. The summed E-state index contributed by atoms with van der Waals surface area (Å²) in [7, 11) is 0. The van der Waals surface area contributed by atoms with E-state index in [-0.39, 0.29) is 47.6 Å². The maximum absolute atomic E-state index is 12.8. The highest BCUT2D eigenvalue weighted by Crippen LogP contribution is 2.33. The Kier molecular flexibility index (Phi) is 20.6. The Morgan fingerprint density at radius 1 is 0.707 bits per heavy atom. The standard InChI is InChI=1S/C27H27N7O3.C27H25N7O3.2C2H4O2/c2*1-2-17-12-20(15-22(13-17)37-21-8-11-36-16-21)23(14-18-4-6-19(7-5-18)24(28)29)25-32-27(35)34(33-25)26-30-9-3-10-31-26;2*1-2(3)4/h2-7,9-10,12-13,15,21,23H,1,8,11,14,16H2,(H3,28,29)(H,32,33,35);1,3-7,9-10,12-13,15,21,23H,8,11,14,16H2,(H3,28,29)(H,32,33,35);2*1H3,(H,3,4)/t2*21-,23?;;/m00../s1. The molecule has 0 aliphatic carbocycles. The molecule has 4 aromatic heterocycles. The Hall–Kier alpha value is -10.4. The fourth-order valence-corrected chi connectivity index (χ4v) is 8.53. The number of aromatic amines is 2. The second-order valence-corrected chi connectivity index (χ2v) is 18.5. The number of hydrogen-bond donors (Lipinski definition) is 8. The molecule has 2 aliphatic rings. The van der Waals surface area contributed by atoms with Gasteiger partial charge in [-0.2, -0.15) is 0 Å². The van der Waals surface area contributed by atoms with Crippen LogP contribution >= 0.6 is 0 Å². The lowest BCUT2D eigenvalue weighted by atomic mass is 9.89. The van der Waals surface area contributed by atoms with Crippen LogP contribution in [0.1, 0.15) is 94.7 Å². The first-order chi connectivity index (χ1) is 39.5. The van der Waals surface area contributed by atoms with Crippen molar-refractivity contribution in [3.05, 3.63) is 206 Å². The average Bonchev–Trinajstić information content (AvgIpc) is 4.33. The van der Waals surface area contributed by atoms with Crippen LogP contribution < -0.4 is 32.3 Å². The molecule has 6 heterocycles. The van der Waals surface area contributed by atoms with Gasteiger partial charge in [0.1, 0.15) is 47.0 Å². The molecule has 24 nitrogen and oxygen atoms in total. The van der Waals surface area contributed by atoms with Crippen LogP contribution in [0.4, 0.5) is 0 Å². The highest BCUT2D eigenvalue weighted by atomic mass is 16.6. The van der Waals surface area contributed by atoms with Gasteiger partial charge in [0.05, 0.1) is 26.4 Å². The van der Waals surface area contributed by atoms with Gasteiger partial charge >= 0.3 is 11.4 Å². The molecule has 0 bridgehead atoms. The van der Waals surface area contributed by atoms with E-state index in [2.05, 4.69) is 52.6 Å². The van der Waals surface area contributed by atoms with Gasteiger partial charge in [0, 0.05) is 80.0 Å². The highest BCUT2D eigenvalue weighted by Gasteiger charge is 2.26. The molecule has 10 rings (SSSR count). The van der Waals surface area contributed by atoms with E-state index in [0.717, 1.165) is 63.9 Å². The third-order valence-corrected chi connectivity index (χ3v) is 12.3. The molecule has 2 fully saturated rings. The number of ether oxygens (including phenoxy) is 4. The maximum Gasteiger partial charge on any atom is 0.350 e. The van der Waals surface area contributed by atoms with Gasteiger partial charge in [-0.1, -0.05) is 73.2 Å². The lowest BCUT2D eigenvalue weighted by Crippen LogP contribution is -2.18. The predicted molar refractivity (Wildman–Crippen MR) is 303 cm³/mol. The number of terminal acetylenes is 1. The molecule has 82 heavy (non-hydrogen) atoms. The number of nitrogen functional groups attached to an aromatic ring is 2. The number of amidine groups is 2. The van der Waals surface area contributed by atoms with Crippen molar-refractivity contribution in [3.8, 4) is 35.7 Å². The molecule has 2 saturated heterocycles. The lowest BCUT2D eigenvalue weighted by Gasteiger charge is -2.19. The quantitative estimate of drug-likeness (QED) is 0.0331. The van der Waals surface area contributed by atoms with Crippen LogP contribution in [0.15, 0.2) is 138 Å². The van der Waals surface area contributed by atoms with Gasteiger partial charge in [-0.3, -0.25) is 30.4 Å². The monoisotopic (exact) mass is 1110 g/mol. The number of carboxylic acid groups (broad SMARTS) is 2. The summed E-state index contributed by atoms with van der Waals surface area (Å²) in [5.41, 5.74) is 16.8. The van der Waals surface area contributed by atoms with Crippen molar-refractivity contribution in [1.82, 2.24) is 49.5 Å². The number of nitrogens with two attached hydrogens (primary N) is 2. The number of aliphatic carboxylic acids is 2. The number of benzene rings is 4. The molecule has 4 aromatic carbocycles. The predicted octanol–water partition coefficient (Wildman–Crippen LogP) is 5.16. The second kappa shape index (κ2) is 28.5. The minimum atomic E-state index is -0.833. The van der Waals surface area contributed by atoms with Gasteiger partial charge in [0.2, 0.25) is 0 Å². The lowest BCUT2D eigenvalue weighted by molar-refractivity contribution is -0.135. The number of nitrogens with one attached hydrogen (secondary N) is 4. The first-order valence-corrected chi connectivity index (χ1v) is 25.5. The summed E-state index contributed by atoms with van der Waals surface area (Å²) in [5, 5.41) is 39.3. The minimum Gasteiger partial charge on any atom is -0.488 e. The summed E-state index contributed by atoms with van der Waals surface area (Å²) >= 11 is 0. The van der Waals surface area contributed by atoms with Crippen molar-refractivity contribution in [2.24, 2.45) is 11.5 Å². The number of aromatic nitrogens is 10. The molecule has 2 unspecified atom stereocenters. The number of H-pyrrole nitrogens is 2. The van der Waals surface area contributed by atoms with E-state index in [1.165, 1.54) is 0 Å². The fraction of sp³-hybridized carbons (Fsp3) is 0.241. The Labute approximate surface area is 469 Å². The van der Waals surface area contributed by atoms with Crippen LogP contribution in [0, 0.1) is 23.2 Å². The molecule has 10 N–H and O–H groups in total. The SMILES string of the molecule is C#Cc1cc(O[C@H]2CCOC2)cc(C(Cc2ccc(C(=N)N)cc2)c2nn(-c3ncccn3)c(=O)[nH]2)c1.C=Cc1cc(O[C@H]2CCOC2)cc(C(Cc2ccc(C(=N)N)cc2)c2nn(-c3ncccn3)c(=O)[nH]2)c1.CC(=O)O.CC(=O)O. The minimum absolute atomic E-state index is 0.00500. The van der Waals surface area contributed by atoms with Gasteiger partial charge in [-0.05, 0) is 83.1 Å². The molecule has 422 valence electrons. The van der Waals surface area contributed by atoms with E-state index in [0.29, 0.717) is 79.1 Å². The molecule has 2 aliphatic heterocycles. The van der Waals surface area contributed by atoms with Crippen molar-refractivity contribution in [1.29, 1.82) is 10.8 Å². The molecule has 0 amide bonds. The van der Waals surface area contributed by atoms with E-state index in [1.54, 1.807) is 55.1 Å². The summed E-state index contributed by atoms with van der Waals surface area (Å²) in [6, 6.07) is 29.7. The number of nitrogens with zero attached hydrogens (tertiary/aromatic N) is 8. The van der Waals surface area contributed by atoms with Gasteiger partial charge in [0.25, 0.3) is 23.8 Å². The van der Waals surface area contributed by atoms with Crippen molar-refractivity contribution in [3.63, 3.8) is 0 Å². The number of carboxylic acids is 2. The van der Waals surface area contributed by atoms with E-state index in [9.17, 15) is 9.59 Å². The Balaban J connectivity index is 0.000000209. The van der Waals surface area contributed by atoms with Crippen molar-refractivity contribution < 1.29 is 38.7 Å². The van der Waals surface area contributed by atoms with E-state index in [1.807, 2.05) is 72.8 Å². The summed E-state index contributed by atoms with van der Waals surface area (Å²) < 4.78 is 25.6. The van der Waals surface area contributed by atoms with Crippen molar-refractivity contribution >= 4 is 29.7 Å². The number of carbonyl (C=O) groups is 2. The zero-order chi connectivity index (χ0) is 58.7. The van der Waals surface area contributed by atoms with Crippen LogP contribution in [-0.4, -0.2) is 122 Å². The van der Waals surface area contributed by atoms with Crippen molar-refractivity contribution in [2.75, 3.05) is 26.4 Å². The summed E-state index contributed by atoms with van der Waals surface area (Å²) in [4.78, 5) is 66.0. The van der Waals surface area contributed by atoms with E-state index in [4.69, 9.17) is 67.5 Å². The van der Waals surface area contributed by atoms with Crippen molar-refractivity contribution in [2.45, 2.75) is 63.6 Å². The molecular formula is C58H60N14O10. The van der Waals surface area contributed by atoms with Crippen LogP contribution in [0.3, 0.4) is 0 Å². The van der Waals surface area contributed by atoms with Gasteiger partial charge in [-0.25, -0.2) is 29.5 Å². The largest absolute Gasteiger partial charge is 0.488 e. The van der Waals surface area contributed by atoms with Crippen LogP contribution in [0.5, 0.6) is 11.5 Å². The smallest absolute Gasteiger partial charge is 0.350 e. The summed E-state index contributed by atoms with van der Waals surface area (Å²) in [5.74, 6) is 2.90. The third kappa shape index (κ3) is 16.8. The van der Waals surface area contributed by atoms with Crippen LogP contribution in [-0.2, 0) is 31.9 Å². The number of rotatable bonds is 17. The van der Waals surface area contributed by atoms with Gasteiger partial charge in [0.15, 0.2) is 0 Å². The molecule has 24 heteroatoms. The molecule has 0 radical (unpaired) electrons. The highest BCUT2D eigenvalue weighted by molar-refractivity contribution is 5.95. The topological polar surface area (TPSA) is 364 Å². The molecule has 4 atom stereocenters. The molecule has 0 saturated carbocycles. The summed E-state index contributed by atoms with van der Waals surface area (Å²) in [6.07, 6.45) is 16.3. The normalized spacial score (nSPS) is 14.8. The fourth-order valence-electron chi connectivity index (χ4n) is 8.53. The van der Waals surface area contributed by atoms with Crippen LogP contribution in [0.25, 0.3) is 18.0 Å². The molecule has 0 spiro atoms. The Morgan fingerprint density at radius 3 is 1.48 bits per heavy atom. The molecular weight excluding hydrogens is 1050 g/mol. The first kappa shape index (κ1) is 59.3. The Bertz CT molecular complexity index is 3620. The van der Waals surface area contributed by atoms with Gasteiger partial charge < -0.3 is 40.6 Å². The average molecular weight is 1110 g/mol. The molecule has 8 aromatic rings. The number of hydrogen-bond acceptors (Lipinski definition) is 16. The maximum atomic E-state index is 12.8. The zero-order valence-electron chi connectivity index (χ0n) is 44.8. The van der Waals surface area contributed by atoms with Crippen LogP contribution in [0.2, 0.25) is 0 Å². The van der Waals surface area contributed by atoms with E-state index >= 15 is 0 Å². The Morgan fingerprint density at radius 2 is 1.11 bits per heavy atom. The second-order valence-electron chi connectivity index (χ2n) is 18.5. The third-order valence-electron chi connectivity index (χ3n) is 12.3. The van der Waals surface area contributed by atoms with Gasteiger partial charge in [-0.15, -0.1) is 26.0 Å².